The van der Waals surface area contributed by atoms with Crippen LogP contribution in [-0.2, 0) is 11.3 Å². The van der Waals surface area contributed by atoms with Gasteiger partial charge in [0.2, 0.25) is 0 Å². The minimum atomic E-state index is -0.437. The molecule has 0 spiro atoms. The maximum absolute atomic E-state index is 12.6. The average Bonchev–Trinajstić information content (AvgIpc) is 3.19. The van der Waals surface area contributed by atoms with E-state index in [1.165, 1.54) is 11.3 Å². The Morgan fingerprint density at radius 3 is 2.50 bits per heavy atom. The second kappa shape index (κ2) is 8.10. The van der Waals surface area contributed by atoms with E-state index in [1.54, 1.807) is 13.2 Å². The summed E-state index contributed by atoms with van der Waals surface area (Å²) < 4.78 is 10.8. The molecule has 6 heteroatoms. The molecule has 0 aliphatic heterocycles. The predicted molar refractivity (Wildman–Crippen MR) is 111 cm³/mol. The second-order valence-electron chi connectivity index (χ2n) is 6.11. The summed E-state index contributed by atoms with van der Waals surface area (Å²) in [5.41, 5.74) is 2.05. The number of thiazole rings is 1. The normalized spacial score (nSPS) is 10.6. The number of fused-ring (bicyclic) bond motifs is 1. The average molecular weight is 390 g/mol. The van der Waals surface area contributed by atoms with Crippen molar-refractivity contribution in [3.05, 3.63) is 83.4 Å². The third-order valence-electron chi connectivity index (χ3n) is 4.22. The third kappa shape index (κ3) is 3.97. The van der Waals surface area contributed by atoms with E-state index in [0.29, 0.717) is 17.0 Å². The van der Waals surface area contributed by atoms with Crippen molar-refractivity contribution in [3.63, 3.8) is 0 Å². The summed E-state index contributed by atoms with van der Waals surface area (Å²) in [6.07, 6.45) is 0. The number of para-hydroxylation sites is 1. The number of carbonyl (C=O) groups is 1. The molecule has 1 N–H and O–H groups in total. The molecule has 0 aliphatic rings. The quantitative estimate of drug-likeness (QED) is 0.446. The van der Waals surface area contributed by atoms with Crippen LogP contribution in [0.4, 0.5) is 10.8 Å². The number of hydrogen-bond donors (Lipinski definition) is 1. The lowest BCUT2D eigenvalue weighted by Gasteiger charge is -2.10. The van der Waals surface area contributed by atoms with Crippen molar-refractivity contribution < 1.29 is 14.3 Å². The first-order valence-electron chi connectivity index (χ1n) is 8.73. The number of hydrogen-bond acceptors (Lipinski definition) is 6. The molecule has 0 saturated heterocycles. The van der Waals surface area contributed by atoms with Gasteiger partial charge in [0.05, 0.1) is 12.8 Å². The number of rotatable bonds is 6. The Kier molecular flexibility index (Phi) is 5.21. The first kappa shape index (κ1) is 18.0. The van der Waals surface area contributed by atoms with Crippen molar-refractivity contribution in [3.8, 4) is 5.75 Å². The van der Waals surface area contributed by atoms with Crippen molar-refractivity contribution in [2.24, 2.45) is 0 Å². The summed E-state index contributed by atoms with van der Waals surface area (Å²) in [7, 11) is 1.54. The van der Waals surface area contributed by atoms with E-state index >= 15 is 0 Å². The summed E-state index contributed by atoms with van der Waals surface area (Å²) in [5, 5.41) is 7.81. The molecule has 140 valence electrons. The first-order valence-corrected chi connectivity index (χ1v) is 9.61. The Morgan fingerprint density at radius 1 is 1.04 bits per heavy atom. The van der Waals surface area contributed by atoms with Gasteiger partial charge in [0.25, 0.3) is 0 Å². The molecule has 5 nitrogen and oxygen atoms in total. The Bertz CT molecular complexity index is 1110. The van der Waals surface area contributed by atoms with Crippen LogP contribution in [0.3, 0.4) is 0 Å². The summed E-state index contributed by atoms with van der Waals surface area (Å²) in [5.74, 6) is 0.0570. The minimum Gasteiger partial charge on any atom is -0.496 e. The molecule has 1 aromatic heterocycles. The van der Waals surface area contributed by atoms with Crippen LogP contribution in [-0.4, -0.2) is 18.1 Å². The Hall–Kier alpha value is -3.38. The molecule has 0 atom stereocenters. The van der Waals surface area contributed by atoms with Gasteiger partial charge in [-0.1, -0.05) is 42.5 Å². The molecule has 0 amide bonds. The van der Waals surface area contributed by atoms with Crippen LogP contribution in [0.5, 0.6) is 5.75 Å². The molecule has 1 heterocycles. The third-order valence-corrected chi connectivity index (χ3v) is 5.02. The molecular weight excluding hydrogens is 372 g/mol. The zero-order valence-electron chi connectivity index (χ0n) is 15.2. The zero-order chi connectivity index (χ0) is 19.3. The summed E-state index contributed by atoms with van der Waals surface area (Å²) >= 11 is 1.46. The largest absolute Gasteiger partial charge is 0.496 e. The van der Waals surface area contributed by atoms with Gasteiger partial charge in [0.1, 0.15) is 17.9 Å². The van der Waals surface area contributed by atoms with Crippen molar-refractivity contribution >= 4 is 38.9 Å². The number of nitrogens with zero attached hydrogens (tertiary/aromatic N) is 1. The molecular formula is C22H18N2O3S. The number of benzene rings is 3. The highest BCUT2D eigenvalue weighted by Gasteiger charge is 2.16. The maximum Gasteiger partial charge on any atom is 0.342 e. The molecule has 0 saturated carbocycles. The zero-order valence-corrected chi connectivity index (χ0v) is 16.0. The van der Waals surface area contributed by atoms with E-state index in [2.05, 4.69) is 10.3 Å². The monoisotopic (exact) mass is 390 g/mol. The fraction of sp³-hybridized carbons (Fsp3) is 0.0909. The van der Waals surface area contributed by atoms with Crippen molar-refractivity contribution in [2.45, 2.75) is 6.61 Å². The number of methoxy groups -OCH3 is 1. The Balaban J connectivity index is 1.45. The van der Waals surface area contributed by atoms with Crippen LogP contribution in [0.15, 0.2) is 72.1 Å². The SMILES string of the molecule is COc1cc2ccccc2cc1C(=O)OCc1csc(Nc2ccccc2)n1. The lowest BCUT2D eigenvalue weighted by Crippen LogP contribution is -2.07. The second-order valence-corrected chi connectivity index (χ2v) is 6.97. The molecule has 4 rings (SSSR count). The summed E-state index contributed by atoms with van der Waals surface area (Å²) in [4.78, 5) is 17.1. The smallest absolute Gasteiger partial charge is 0.342 e. The molecule has 0 aliphatic carbocycles. The number of carbonyl (C=O) groups excluding carboxylic acids is 1. The predicted octanol–water partition coefficient (Wildman–Crippen LogP) is 5.41. The lowest BCUT2D eigenvalue weighted by atomic mass is 10.1. The van der Waals surface area contributed by atoms with Gasteiger partial charge < -0.3 is 14.8 Å². The van der Waals surface area contributed by atoms with E-state index < -0.39 is 5.97 Å². The van der Waals surface area contributed by atoms with E-state index in [0.717, 1.165) is 21.6 Å². The number of aromatic nitrogens is 1. The van der Waals surface area contributed by atoms with Gasteiger partial charge in [-0.2, -0.15) is 0 Å². The van der Waals surface area contributed by atoms with Gasteiger partial charge in [0.15, 0.2) is 5.13 Å². The number of nitrogens with one attached hydrogen (secondary N) is 1. The summed E-state index contributed by atoms with van der Waals surface area (Å²) in [6, 6.07) is 21.2. The van der Waals surface area contributed by atoms with Crippen molar-refractivity contribution in [2.75, 3.05) is 12.4 Å². The van der Waals surface area contributed by atoms with E-state index in [9.17, 15) is 4.79 Å². The fourth-order valence-corrected chi connectivity index (χ4v) is 3.56. The summed E-state index contributed by atoms with van der Waals surface area (Å²) in [6.45, 7) is 0.0990. The molecule has 0 fully saturated rings. The molecule has 3 aromatic carbocycles. The van der Waals surface area contributed by atoms with Crippen LogP contribution >= 0.6 is 11.3 Å². The highest BCUT2D eigenvalue weighted by molar-refractivity contribution is 7.13. The van der Waals surface area contributed by atoms with Gasteiger partial charge in [-0.15, -0.1) is 11.3 Å². The fourth-order valence-electron chi connectivity index (χ4n) is 2.84. The van der Waals surface area contributed by atoms with E-state index in [1.807, 2.05) is 66.0 Å². The minimum absolute atomic E-state index is 0.0990. The Morgan fingerprint density at radius 2 is 1.75 bits per heavy atom. The molecule has 28 heavy (non-hydrogen) atoms. The van der Waals surface area contributed by atoms with Crippen molar-refractivity contribution in [1.82, 2.24) is 4.98 Å². The molecule has 4 aromatic rings. The molecule has 0 bridgehead atoms. The van der Waals surface area contributed by atoms with E-state index in [4.69, 9.17) is 9.47 Å². The van der Waals surface area contributed by atoms with Crippen LogP contribution in [0, 0.1) is 0 Å². The highest BCUT2D eigenvalue weighted by Crippen LogP contribution is 2.27. The van der Waals surface area contributed by atoms with Gasteiger partial charge in [-0.05, 0) is 35.0 Å². The number of ether oxygens (including phenoxy) is 2. The Labute approximate surface area is 166 Å². The van der Waals surface area contributed by atoms with Crippen LogP contribution < -0.4 is 10.1 Å². The number of esters is 1. The van der Waals surface area contributed by atoms with Crippen LogP contribution in [0.2, 0.25) is 0 Å². The first-order chi connectivity index (χ1) is 13.7. The van der Waals surface area contributed by atoms with Gasteiger partial charge in [-0.3, -0.25) is 0 Å². The topological polar surface area (TPSA) is 60.5 Å². The molecule has 0 unspecified atom stereocenters. The maximum atomic E-state index is 12.6. The number of anilines is 2. The van der Waals surface area contributed by atoms with Gasteiger partial charge in [0, 0.05) is 11.1 Å². The van der Waals surface area contributed by atoms with Gasteiger partial charge >= 0.3 is 5.97 Å². The standard InChI is InChI=1S/C22H18N2O3S/c1-26-20-12-16-8-6-5-7-15(16)11-19(20)21(25)27-13-18-14-28-22(24-18)23-17-9-3-2-4-10-17/h2-12,14H,13H2,1H3,(H,23,24). The van der Waals surface area contributed by atoms with Crippen LogP contribution in [0.1, 0.15) is 16.1 Å². The van der Waals surface area contributed by atoms with Crippen molar-refractivity contribution in [1.29, 1.82) is 0 Å². The lowest BCUT2D eigenvalue weighted by molar-refractivity contribution is 0.0465. The van der Waals surface area contributed by atoms with Gasteiger partial charge in [-0.25, -0.2) is 9.78 Å². The highest BCUT2D eigenvalue weighted by atomic mass is 32.1. The van der Waals surface area contributed by atoms with E-state index in [-0.39, 0.29) is 6.61 Å². The van der Waals surface area contributed by atoms with Crippen LogP contribution in [0.25, 0.3) is 10.8 Å². The molecule has 0 radical (unpaired) electrons.